The average Bonchev–Trinajstić information content (AvgIpc) is 2.17. The van der Waals surface area contributed by atoms with E-state index < -0.39 is 0 Å². The molecule has 0 aliphatic rings. The van der Waals surface area contributed by atoms with Gasteiger partial charge in [0.15, 0.2) is 0 Å². The maximum atomic E-state index is 3.83. The van der Waals surface area contributed by atoms with Gasteiger partial charge in [-0.2, -0.15) is 0 Å². The van der Waals surface area contributed by atoms with Gasteiger partial charge in [-0.05, 0) is 37.5 Å². The largest absolute Gasteiger partial charge is 0.106 e. The zero-order chi connectivity index (χ0) is 14.7. The quantitative estimate of drug-likeness (QED) is 0.498. The van der Waals surface area contributed by atoms with E-state index in [1.165, 1.54) is 18.4 Å². The van der Waals surface area contributed by atoms with Gasteiger partial charge in [-0.1, -0.05) is 46.3 Å². The first kappa shape index (κ1) is 21.5. The molecule has 0 radical (unpaired) electrons. The highest BCUT2D eigenvalue weighted by molar-refractivity contribution is 4.88. The first-order valence-corrected chi connectivity index (χ1v) is 6.26. The van der Waals surface area contributed by atoms with Crippen LogP contribution in [-0.2, 0) is 0 Å². The molecule has 102 valence electrons. The summed E-state index contributed by atoms with van der Waals surface area (Å²) in [7, 11) is 0. The van der Waals surface area contributed by atoms with Crippen LogP contribution >= 0.6 is 0 Å². The summed E-state index contributed by atoms with van der Waals surface area (Å²) >= 11 is 0. The second-order valence-corrected chi connectivity index (χ2v) is 6.46. The van der Waals surface area contributed by atoms with E-state index in [1.807, 2.05) is 13.8 Å². The molecule has 0 aliphatic heterocycles. The smallest absolute Gasteiger partial charge is 0.0177 e. The van der Waals surface area contributed by atoms with Crippen LogP contribution in [0.4, 0.5) is 0 Å². The highest BCUT2D eigenvalue weighted by Crippen LogP contribution is 2.30. The molecule has 0 aromatic carbocycles. The first-order valence-electron chi connectivity index (χ1n) is 6.26. The van der Waals surface area contributed by atoms with Crippen LogP contribution in [0.2, 0.25) is 0 Å². The summed E-state index contributed by atoms with van der Waals surface area (Å²) < 4.78 is 0. The van der Waals surface area contributed by atoms with Crippen LogP contribution in [0.1, 0.15) is 61.3 Å². The highest BCUT2D eigenvalue weighted by atomic mass is 14.2. The van der Waals surface area contributed by atoms with Crippen molar-refractivity contribution in [2.24, 2.45) is 10.8 Å². The third-order valence-electron chi connectivity index (χ3n) is 2.07. The zero-order valence-electron chi connectivity index (χ0n) is 13.3. The molecule has 0 aromatic heterocycles. The predicted octanol–water partition coefficient (Wildman–Crippen LogP) is 6.41. The molecule has 0 heteroatoms. The Hall–Kier alpha value is -0.780. The third kappa shape index (κ3) is 31.3. The lowest BCUT2D eigenvalue weighted by Gasteiger charge is -2.25. The molecule has 0 fully saturated rings. The minimum absolute atomic E-state index is 0.313. The fourth-order valence-electron chi connectivity index (χ4n) is 0.799. The molecule has 0 saturated carbocycles. The standard InChI is InChI=1S/C11H22.C4H8.C2H4/c1-7-11(5,6)9-8-10(2,3)4;1-4(2)3;1-2/h7H,1,8-9H2,2-6H3;1H2,2-3H3;1-2H2. The van der Waals surface area contributed by atoms with E-state index in [2.05, 4.69) is 67.0 Å². The second kappa shape index (κ2) is 10.4. The van der Waals surface area contributed by atoms with Gasteiger partial charge in [-0.3, -0.25) is 0 Å². The summed E-state index contributed by atoms with van der Waals surface area (Å²) in [6.07, 6.45) is 4.56. The Kier molecular flexibility index (Phi) is 13.1. The fourth-order valence-corrected chi connectivity index (χ4v) is 0.799. The maximum Gasteiger partial charge on any atom is -0.0177 e. The molecule has 0 saturated heterocycles. The molecule has 0 N–H and O–H groups in total. The van der Waals surface area contributed by atoms with Gasteiger partial charge in [0.2, 0.25) is 0 Å². The first-order chi connectivity index (χ1) is 7.50. The van der Waals surface area contributed by atoms with Gasteiger partial charge in [-0.15, -0.1) is 26.3 Å². The molecule has 0 unspecified atom stereocenters. The van der Waals surface area contributed by atoms with Gasteiger partial charge in [-0.25, -0.2) is 0 Å². The van der Waals surface area contributed by atoms with Crippen LogP contribution in [-0.4, -0.2) is 0 Å². The van der Waals surface area contributed by atoms with Gasteiger partial charge in [0, 0.05) is 0 Å². The lowest BCUT2D eigenvalue weighted by atomic mass is 9.80. The molecule has 0 atom stereocenters. The van der Waals surface area contributed by atoms with E-state index in [1.54, 1.807) is 0 Å². The van der Waals surface area contributed by atoms with Crippen LogP contribution < -0.4 is 0 Å². The summed E-state index contributed by atoms with van der Waals surface area (Å²) in [5.74, 6) is 0. The van der Waals surface area contributed by atoms with Crippen molar-refractivity contribution in [3.05, 3.63) is 38.0 Å². The van der Waals surface area contributed by atoms with E-state index in [-0.39, 0.29) is 0 Å². The van der Waals surface area contributed by atoms with Crippen LogP contribution in [0.25, 0.3) is 0 Å². The summed E-state index contributed by atoms with van der Waals surface area (Å²) in [5.41, 5.74) is 1.94. The predicted molar refractivity (Wildman–Crippen MR) is 84.4 cm³/mol. The molecule has 0 heterocycles. The Labute approximate surface area is 111 Å². The van der Waals surface area contributed by atoms with E-state index in [0.717, 1.165) is 0 Å². The number of rotatable bonds is 3. The number of hydrogen-bond donors (Lipinski definition) is 0. The van der Waals surface area contributed by atoms with Crippen molar-refractivity contribution in [3.8, 4) is 0 Å². The molecule has 0 spiro atoms. The lowest BCUT2D eigenvalue weighted by Crippen LogP contribution is -2.13. The van der Waals surface area contributed by atoms with E-state index in [9.17, 15) is 0 Å². The summed E-state index contributed by atoms with van der Waals surface area (Å²) in [6.45, 7) is 28.7. The topological polar surface area (TPSA) is 0 Å². The van der Waals surface area contributed by atoms with E-state index in [0.29, 0.717) is 10.8 Å². The molecule has 0 aliphatic carbocycles. The molecule has 0 nitrogen and oxygen atoms in total. The van der Waals surface area contributed by atoms with Crippen molar-refractivity contribution < 1.29 is 0 Å². The molecule has 0 amide bonds. The lowest BCUT2D eigenvalue weighted by molar-refractivity contribution is 0.299. The Morgan fingerprint density at radius 1 is 0.941 bits per heavy atom. The second-order valence-electron chi connectivity index (χ2n) is 6.46. The van der Waals surface area contributed by atoms with Crippen molar-refractivity contribution in [3.63, 3.8) is 0 Å². The minimum atomic E-state index is 0.313. The number of allylic oxidation sites excluding steroid dienone is 2. The molecular weight excluding hydrogens is 204 g/mol. The molecular formula is C17H34. The summed E-state index contributed by atoms with van der Waals surface area (Å²) in [5, 5.41) is 0. The van der Waals surface area contributed by atoms with Crippen LogP contribution in [0.5, 0.6) is 0 Å². The zero-order valence-corrected chi connectivity index (χ0v) is 13.3. The average molecular weight is 238 g/mol. The van der Waals surface area contributed by atoms with Gasteiger partial charge < -0.3 is 0 Å². The Morgan fingerprint density at radius 2 is 1.24 bits per heavy atom. The van der Waals surface area contributed by atoms with Crippen molar-refractivity contribution >= 4 is 0 Å². The highest BCUT2D eigenvalue weighted by Gasteiger charge is 2.17. The van der Waals surface area contributed by atoms with Gasteiger partial charge in [0.05, 0.1) is 0 Å². The summed E-state index contributed by atoms with van der Waals surface area (Å²) in [6, 6.07) is 0. The fraction of sp³-hybridized carbons (Fsp3) is 0.647. The number of hydrogen-bond acceptors (Lipinski definition) is 0. The van der Waals surface area contributed by atoms with Crippen molar-refractivity contribution in [2.45, 2.75) is 61.3 Å². The van der Waals surface area contributed by atoms with Crippen molar-refractivity contribution in [1.29, 1.82) is 0 Å². The van der Waals surface area contributed by atoms with Crippen LogP contribution in [0.3, 0.4) is 0 Å². The molecule has 17 heavy (non-hydrogen) atoms. The van der Waals surface area contributed by atoms with Gasteiger partial charge in [0.1, 0.15) is 0 Å². The third-order valence-corrected chi connectivity index (χ3v) is 2.07. The normalized spacial score (nSPS) is 10.3. The molecule has 0 bridgehead atoms. The van der Waals surface area contributed by atoms with Crippen molar-refractivity contribution in [2.75, 3.05) is 0 Å². The summed E-state index contributed by atoms with van der Waals surface area (Å²) in [4.78, 5) is 0. The Balaban J connectivity index is -0.000000275. The Bertz CT molecular complexity index is 197. The van der Waals surface area contributed by atoms with E-state index in [4.69, 9.17) is 0 Å². The van der Waals surface area contributed by atoms with Crippen molar-refractivity contribution in [1.82, 2.24) is 0 Å². The molecule has 0 rings (SSSR count). The minimum Gasteiger partial charge on any atom is -0.106 e. The Morgan fingerprint density at radius 3 is 1.41 bits per heavy atom. The van der Waals surface area contributed by atoms with Crippen LogP contribution in [0, 0.1) is 10.8 Å². The van der Waals surface area contributed by atoms with Gasteiger partial charge >= 0.3 is 0 Å². The van der Waals surface area contributed by atoms with Crippen LogP contribution in [0.15, 0.2) is 38.0 Å². The van der Waals surface area contributed by atoms with E-state index >= 15 is 0 Å². The SMILES string of the molecule is C=C.C=C(C)C.C=CC(C)(C)CCC(C)(C)C. The van der Waals surface area contributed by atoms with Gasteiger partial charge in [0.25, 0.3) is 0 Å². The molecule has 0 aromatic rings. The monoisotopic (exact) mass is 238 g/mol. The maximum absolute atomic E-state index is 3.83.